The molecule has 3 rings (SSSR count). The van der Waals surface area contributed by atoms with Gasteiger partial charge >= 0.3 is 0 Å². The van der Waals surface area contributed by atoms with E-state index in [2.05, 4.69) is 10.5 Å². The van der Waals surface area contributed by atoms with Crippen molar-refractivity contribution >= 4 is 27.8 Å². The second kappa shape index (κ2) is 7.89. The zero-order valence-corrected chi connectivity index (χ0v) is 16.6. The minimum absolute atomic E-state index is 0.173. The fraction of sp³-hybridized carbons (Fsp3) is 0.263. The summed E-state index contributed by atoms with van der Waals surface area (Å²) in [7, 11) is -3.65. The molecule has 1 aliphatic rings. The first-order valence-electron chi connectivity index (χ1n) is 8.51. The summed E-state index contributed by atoms with van der Waals surface area (Å²) in [5.74, 6) is 0.706. The molecule has 1 N–H and O–H groups in total. The van der Waals surface area contributed by atoms with Gasteiger partial charge in [0.2, 0.25) is 16.8 Å². The van der Waals surface area contributed by atoms with Crippen LogP contribution >= 0.6 is 0 Å². The molecular formula is C19H21N3O5S. The summed E-state index contributed by atoms with van der Waals surface area (Å²) in [5.41, 5.74) is 5.10. The molecule has 2 aromatic carbocycles. The van der Waals surface area contributed by atoms with Crippen molar-refractivity contribution < 1.29 is 22.7 Å². The maximum absolute atomic E-state index is 12.3. The topological polar surface area (TPSA) is 97.3 Å². The Balaban J connectivity index is 1.71. The van der Waals surface area contributed by atoms with Gasteiger partial charge in [-0.3, -0.25) is 9.10 Å². The summed E-state index contributed by atoms with van der Waals surface area (Å²) < 4.78 is 36.1. The minimum Gasteiger partial charge on any atom is -0.454 e. The smallest absolute Gasteiger partial charge is 0.260 e. The molecule has 0 aliphatic carbocycles. The maximum Gasteiger partial charge on any atom is 0.260 e. The van der Waals surface area contributed by atoms with Gasteiger partial charge in [0.1, 0.15) is 6.54 Å². The summed E-state index contributed by atoms with van der Waals surface area (Å²) >= 11 is 0. The van der Waals surface area contributed by atoms with Gasteiger partial charge in [-0.15, -0.1) is 0 Å². The zero-order valence-electron chi connectivity index (χ0n) is 15.8. The standard InChI is InChI=1S/C19H21N3O5S/c1-13-5-4-6-14(2)19(13)22(28(3,24)25)11-18(23)21-20-10-15-7-8-16-17(9-15)27-12-26-16/h4-10H,11-12H2,1-3H3,(H,21,23)/b20-10-. The molecule has 0 unspecified atom stereocenters. The molecule has 0 aromatic heterocycles. The lowest BCUT2D eigenvalue weighted by Crippen LogP contribution is -2.39. The Hall–Kier alpha value is -3.07. The number of anilines is 1. The van der Waals surface area contributed by atoms with Crippen molar-refractivity contribution in [2.75, 3.05) is 23.9 Å². The normalized spacial score (nSPS) is 13.0. The van der Waals surface area contributed by atoms with Crippen molar-refractivity contribution in [1.29, 1.82) is 0 Å². The fourth-order valence-corrected chi connectivity index (χ4v) is 3.87. The van der Waals surface area contributed by atoms with Crippen LogP contribution in [-0.2, 0) is 14.8 Å². The van der Waals surface area contributed by atoms with Gasteiger partial charge in [-0.2, -0.15) is 5.10 Å². The van der Waals surface area contributed by atoms with Crippen molar-refractivity contribution in [3.8, 4) is 11.5 Å². The van der Waals surface area contributed by atoms with E-state index in [4.69, 9.17) is 9.47 Å². The molecule has 0 radical (unpaired) electrons. The first-order chi connectivity index (χ1) is 13.3. The van der Waals surface area contributed by atoms with Crippen LogP contribution in [0.25, 0.3) is 0 Å². The average Bonchev–Trinajstić information content (AvgIpc) is 3.07. The number of carbonyl (C=O) groups excluding carboxylic acids is 1. The molecule has 28 heavy (non-hydrogen) atoms. The third kappa shape index (κ3) is 4.42. The summed E-state index contributed by atoms with van der Waals surface area (Å²) in [6, 6.07) is 10.7. The van der Waals surface area contributed by atoms with Crippen LogP contribution in [0, 0.1) is 13.8 Å². The lowest BCUT2D eigenvalue weighted by molar-refractivity contribution is -0.119. The predicted molar refractivity (Wildman–Crippen MR) is 106 cm³/mol. The van der Waals surface area contributed by atoms with Gasteiger partial charge in [0.15, 0.2) is 11.5 Å². The quantitative estimate of drug-likeness (QED) is 0.587. The van der Waals surface area contributed by atoms with E-state index >= 15 is 0 Å². The monoisotopic (exact) mass is 403 g/mol. The molecule has 0 saturated heterocycles. The van der Waals surface area contributed by atoms with E-state index in [0.717, 1.165) is 21.7 Å². The first-order valence-corrected chi connectivity index (χ1v) is 10.4. The number of carbonyl (C=O) groups is 1. The molecule has 0 saturated carbocycles. The van der Waals surface area contributed by atoms with E-state index in [1.165, 1.54) is 6.21 Å². The van der Waals surface area contributed by atoms with Gasteiger partial charge in [-0.05, 0) is 48.7 Å². The van der Waals surface area contributed by atoms with Gasteiger partial charge < -0.3 is 9.47 Å². The zero-order chi connectivity index (χ0) is 20.3. The number of hydrazone groups is 1. The predicted octanol–water partition coefficient (Wildman–Crippen LogP) is 1.95. The van der Waals surface area contributed by atoms with E-state index in [9.17, 15) is 13.2 Å². The molecule has 148 valence electrons. The summed E-state index contributed by atoms with van der Waals surface area (Å²) in [6.07, 6.45) is 2.52. The van der Waals surface area contributed by atoms with Crippen LogP contribution in [0.15, 0.2) is 41.5 Å². The molecule has 1 amide bonds. The van der Waals surface area contributed by atoms with Crippen molar-refractivity contribution in [3.63, 3.8) is 0 Å². The highest BCUT2D eigenvalue weighted by Gasteiger charge is 2.23. The van der Waals surface area contributed by atoms with Crippen LogP contribution in [0.2, 0.25) is 0 Å². The number of para-hydroxylation sites is 1. The number of nitrogens with zero attached hydrogens (tertiary/aromatic N) is 2. The Morgan fingerprint density at radius 1 is 1.18 bits per heavy atom. The van der Waals surface area contributed by atoms with E-state index in [0.29, 0.717) is 22.7 Å². The van der Waals surface area contributed by atoms with Crippen LogP contribution in [0.4, 0.5) is 5.69 Å². The summed E-state index contributed by atoms with van der Waals surface area (Å²) in [5, 5.41) is 3.90. The van der Waals surface area contributed by atoms with E-state index in [1.54, 1.807) is 44.2 Å². The largest absolute Gasteiger partial charge is 0.454 e. The van der Waals surface area contributed by atoms with Crippen molar-refractivity contribution in [3.05, 3.63) is 53.1 Å². The molecule has 0 bridgehead atoms. The van der Waals surface area contributed by atoms with E-state index in [-0.39, 0.29) is 13.3 Å². The van der Waals surface area contributed by atoms with Gasteiger partial charge in [0, 0.05) is 0 Å². The molecule has 9 heteroatoms. The van der Waals surface area contributed by atoms with Gasteiger partial charge in [0.05, 0.1) is 18.2 Å². The molecule has 8 nitrogen and oxygen atoms in total. The van der Waals surface area contributed by atoms with Gasteiger partial charge in [0.25, 0.3) is 5.91 Å². The van der Waals surface area contributed by atoms with E-state index in [1.807, 2.05) is 6.07 Å². The molecular weight excluding hydrogens is 382 g/mol. The fourth-order valence-electron chi connectivity index (χ4n) is 2.90. The summed E-state index contributed by atoms with van der Waals surface area (Å²) in [6.45, 7) is 3.40. The van der Waals surface area contributed by atoms with Crippen LogP contribution < -0.4 is 19.2 Å². The highest BCUT2D eigenvalue weighted by Crippen LogP contribution is 2.32. The molecule has 0 atom stereocenters. The highest BCUT2D eigenvalue weighted by atomic mass is 32.2. The number of rotatable bonds is 6. The van der Waals surface area contributed by atoms with Crippen molar-refractivity contribution in [1.82, 2.24) is 5.43 Å². The van der Waals surface area contributed by atoms with E-state index < -0.39 is 15.9 Å². The number of aryl methyl sites for hydroxylation is 2. The number of hydrogen-bond donors (Lipinski definition) is 1. The Labute approximate surface area is 163 Å². The molecule has 0 fully saturated rings. The van der Waals surface area contributed by atoms with Crippen molar-refractivity contribution in [2.24, 2.45) is 5.10 Å². The van der Waals surface area contributed by atoms with Gasteiger partial charge in [-0.1, -0.05) is 18.2 Å². The number of hydrogen-bond acceptors (Lipinski definition) is 6. The summed E-state index contributed by atoms with van der Waals surface area (Å²) in [4.78, 5) is 12.3. The second-order valence-electron chi connectivity index (χ2n) is 6.42. The Bertz CT molecular complexity index is 1010. The van der Waals surface area contributed by atoms with Crippen LogP contribution in [-0.4, -0.2) is 40.1 Å². The SMILES string of the molecule is Cc1cccc(C)c1N(CC(=O)N/N=C\c1ccc2c(c1)OCO2)S(C)(=O)=O. The van der Waals surface area contributed by atoms with Crippen LogP contribution in [0.3, 0.4) is 0 Å². The number of fused-ring (bicyclic) bond motifs is 1. The number of nitrogens with one attached hydrogen (secondary N) is 1. The second-order valence-corrected chi connectivity index (χ2v) is 8.32. The van der Waals surface area contributed by atoms with Gasteiger partial charge in [-0.25, -0.2) is 13.8 Å². The molecule has 1 aliphatic heterocycles. The average molecular weight is 403 g/mol. The number of ether oxygens (including phenoxy) is 2. The molecule has 0 spiro atoms. The number of sulfonamides is 1. The number of amides is 1. The third-order valence-corrected chi connectivity index (χ3v) is 5.29. The Morgan fingerprint density at radius 2 is 1.86 bits per heavy atom. The Morgan fingerprint density at radius 3 is 2.54 bits per heavy atom. The Kier molecular flexibility index (Phi) is 5.55. The number of benzene rings is 2. The van der Waals surface area contributed by atoms with Crippen LogP contribution in [0.1, 0.15) is 16.7 Å². The van der Waals surface area contributed by atoms with Crippen LogP contribution in [0.5, 0.6) is 11.5 Å². The lowest BCUT2D eigenvalue weighted by Gasteiger charge is -2.25. The highest BCUT2D eigenvalue weighted by molar-refractivity contribution is 7.92. The van der Waals surface area contributed by atoms with Crippen molar-refractivity contribution in [2.45, 2.75) is 13.8 Å². The third-order valence-electron chi connectivity index (χ3n) is 4.18. The molecule has 2 aromatic rings. The first kappa shape index (κ1) is 19.7. The lowest BCUT2D eigenvalue weighted by atomic mass is 10.1. The minimum atomic E-state index is -3.65. The maximum atomic E-state index is 12.3. The molecule has 1 heterocycles.